The summed E-state index contributed by atoms with van der Waals surface area (Å²) in [6.45, 7) is 4.27. The van der Waals surface area contributed by atoms with Crippen LogP contribution in [0.25, 0.3) is 0 Å². The van der Waals surface area contributed by atoms with Gasteiger partial charge in [-0.1, -0.05) is 24.3 Å². The molecule has 1 fully saturated rings. The van der Waals surface area contributed by atoms with Crippen LogP contribution >= 0.6 is 0 Å². The molecule has 0 aliphatic carbocycles. The molecular weight excluding hydrogens is 438 g/mol. The molecule has 2 atom stereocenters. The molecule has 3 aromatic rings. The summed E-state index contributed by atoms with van der Waals surface area (Å²) in [5.41, 5.74) is 2.75. The zero-order valence-electron chi connectivity index (χ0n) is 18.6. The van der Waals surface area contributed by atoms with E-state index in [0.717, 1.165) is 11.4 Å². The highest BCUT2D eigenvalue weighted by Gasteiger charge is 2.32. The predicted molar refractivity (Wildman–Crippen MR) is 129 cm³/mol. The van der Waals surface area contributed by atoms with Crippen molar-refractivity contribution in [1.29, 1.82) is 0 Å². The van der Waals surface area contributed by atoms with E-state index in [1.807, 2.05) is 56.3 Å². The largest absolute Gasteiger partial charge is 0.373 e. The maximum Gasteiger partial charge on any atom is 0.255 e. The third-order valence-corrected chi connectivity index (χ3v) is 7.15. The Balaban J connectivity index is 1.45. The highest BCUT2D eigenvalue weighted by atomic mass is 32.2. The number of ether oxygens (including phenoxy) is 1. The Morgan fingerprint density at radius 3 is 2.12 bits per heavy atom. The molecule has 0 aromatic heterocycles. The molecule has 1 aliphatic heterocycles. The number of amides is 1. The fourth-order valence-corrected chi connectivity index (χ4v) is 5.44. The van der Waals surface area contributed by atoms with E-state index >= 15 is 0 Å². The summed E-state index contributed by atoms with van der Waals surface area (Å²) in [6.07, 6.45) is -0.372. The van der Waals surface area contributed by atoms with E-state index in [4.69, 9.17) is 4.74 Å². The first-order chi connectivity index (χ1) is 15.8. The van der Waals surface area contributed by atoms with Gasteiger partial charge in [-0.2, -0.15) is 4.31 Å². The number of hydrogen-bond donors (Lipinski definition) is 2. The van der Waals surface area contributed by atoms with E-state index in [1.54, 1.807) is 24.3 Å². The van der Waals surface area contributed by atoms with E-state index in [0.29, 0.717) is 5.69 Å². The molecule has 8 heteroatoms. The van der Waals surface area contributed by atoms with Crippen molar-refractivity contribution in [3.63, 3.8) is 0 Å². The summed E-state index contributed by atoms with van der Waals surface area (Å²) in [6, 6.07) is 23.2. The number of nitrogens with one attached hydrogen (secondary N) is 2. The summed E-state index contributed by atoms with van der Waals surface area (Å²) >= 11 is 0. The third kappa shape index (κ3) is 5.60. The molecule has 1 aliphatic rings. The van der Waals surface area contributed by atoms with E-state index in [1.165, 1.54) is 16.4 Å². The van der Waals surface area contributed by atoms with Crippen LogP contribution in [0.2, 0.25) is 0 Å². The van der Waals surface area contributed by atoms with Crippen LogP contribution in [-0.2, 0) is 14.8 Å². The second kappa shape index (κ2) is 9.74. The van der Waals surface area contributed by atoms with Gasteiger partial charge in [-0.05, 0) is 68.4 Å². The number of carbonyl (C=O) groups is 1. The monoisotopic (exact) mass is 465 g/mol. The normalized spacial score (nSPS) is 19.1. The van der Waals surface area contributed by atoms with Crippen LogP contribution in [0.1, 0.15) is 24.2 Å². The van der Waals surface area contributed by atoms with Gasteiger partial charge in [0.2, 0.25) is 10.0 Å². The Bertz CT molecular complexity index is 1200. The van der Waals surface area contributed by atoms with Gasteiger partial charge in [0.1, 0.15) is 0 Å². The molecule has 3 aromatic carbocycles. The van der Waals surface area contributed by atoms with E-state index in [2.05, 4.69) is 10.6 Å². The highest BCUT2D eigenvalue weighted by molar-refractivity contribution is 7.89. The van der Waals surface area contributed by atoms with Gasteiger partial charge in [-0.15, -0.1) is 0 Å². The lowest BCUT2D eigenvalue weighted by atomic mass is 10.2. The number of benzene rings is 3. The Morgan fingerprint density at radius 1 is 0.848 bits per heavy atom. The van der Waals surface area contributed by atoms with Crippen LogP contribution in [0.3, 0.4) is 0 Å². The fraction of sp³-hybridized carbons (Fsp3) is 0.240. The van der Waals surface area contributed by atoms with Gasteiger partial charge in [0.05, 0.1) is 17.1 Å². The van der Waals surface area contributed by atoms with E-state index in [-0.39, 0.29) is 41.7 Å². The van der Waals surface area contributed by atoms with Crippen molar-refractivity contribution in [2.75, 3.05) is 23.7 Å². The lowest BCUT2D eigenvalue weighted by molar-refractivity contribution is -0.0440. The van der Waals surface area contributed by atoms with Crippen LogP contribution in [0.4, 0.5) is 17.1 Å². The molecule has 33 heavy (non-hydrogen) atoms. The fourth-order valence-electron chi connectivity index (χ4n) is 3.80. The van der Waals surface area contributed by atoms with Gasteiger partial charge < -0.3 is 15.4 Å². The van der Waals surface area contributed by atoms with Gasteiger partial charge in [-0.25, -0.2) is 8.42 Å². The zero-order chi connectivity index (χ0) is 23.4. The van der Waals surface area contributed by atoms with Crippen molar-refractivity contribution >= 4 is 33.0 Å². The Labute approximate surface area is 194 Å². The molecule has 1 saturated heterocycles. The molecule has 0 spiro atoms. The van der Waals surface area contributed by atoms with Crippen molar-refractivity contribution in [2.45, 2.75) is 31.0 Å². The molecule has 172 valence electrons. The average molecular weight is 466 g/mol. The summed E-state index contributed by atoms with van der Waals surface area (Å²) in [7, 11) is -3.73. The second-order valence-corrected chi connectivity index (χ2v) is 10.1. The quantitative estimate of drug-likeness (QED) is 0.560. The first-order valence-electron chi connectivity index (χ1n) is 10.8. The van der Waals surface area contributed by atoms with Crippen molar-refractivity contribution in [3.05, 3.63) is 84.4 Å². The smallest absolute Gasteiger partial charge is 0.255 e. The Kier molecular flexibility index (Phi) is 6.78. The molecule has 1 heterocycles. The standard InChI is InChI=1S/C25H27N3O4S/c1-18-16-28(17-19(2)32-18)33(30,31)24-10-6-7-20(15-24)25(29)27-23-13-11-22(12-14-23)26-21-8-4-3-5-9-21/h3-15,18-19,26H,16-17H2,1-2H3,(H,27,29). The Morgan fingerprint density at radius 2 is 1.45 bits per heavy atom. The number of carbonyl (C=O) groups excluding carboxylic acids is 1. The lowest BCUT2D eigenvalue weighted by Crippen LogP contribution is -2.48. The molecule has 4 rings (SSSR count). The molecule has 0 radical (unpaired) electrons. The minimum atomic E-state index is -3.73. The van der Waals surface area contributed by atoms with Crippen molar-refractivity contribution < 1.29 is 17.9 Å². The summed E-state index contributed by atoms with van der Waals surface area (Å²) < 4.78 is 33.3. The van der Waals surface area contributed by atoms with Gasteiger partial charge in [0.25, 0.3) is 5.91 Å². The molecule has 0 bridgehead atoms. The van der Waals surface area contributed by atoms with Gasteiger partial charge in [-0.3, -0.25) is 4.79 Å². The van der Waals surface area contributed by atoms with E-state index in [9.17, 15) is 13.2 Å². The predicted octanol–water partition coefficient (Wildman–Crippen LogP) is 4.48. The molecule has 7 nitrogen and oxygen atoms in total. The van der Waals surface area contributed by atoms with Crippen LogP contribution in [0.5, 0.6) is 0 Å². The maximum absolute atomic E-state index is 13.1. The minimum absolute atomic E-state index is 0.0962. The molecule has 2 unspecified atom stereocenters. The summed E-state index contributed by atoms with van der Waals surface area (Å²) in [4.78, 5) is 12.9. The summed E-state index contributed by atoms with van der Waals surface area (Å²) in [5, 5.41) is 6.11. The van der Waals surface area contributed by atoms with Crippen LogP contribution in [-0.4, -0.2) is 43.9 Å². The van der Waals surface area contributed by atoms with E-state index < -0.39 is 10.0 Å². The number of hydrogen-bond acceptors (Lipinski definition) is 5. The Hall–Kier alpha value is -3.20. The molecular formula is C25H27N3O4S. The maximum atomic E-state index is 13.1. The lowest BCUT2D eigenvalue weighted by Gasteiger charge is -2.34. The molecule has 0 saturated carbocycles. The first-order valence-corrected chi connectivity index (χ1v) is 12.2. The number of rotatable bonds is 6. The number of nitrogens with zero attached hydrogens (tertiary/aromatic N) is 1. The number of sulfonamides is 1. The van der Waals surface area contributed by atoms with Crippen LogP contribution < -0.4 is 10.6 Å². The minimum Gasteiger partial charge on any atom is -0.373 e. The van der Waals surface area contributed by atoms with Crippen LogP contribution in [0.15, 0.2) is 83.8 Å². The molecule has 1 amide bonds. The highest BCUT2D eigenvalue weighted by Crippen LogP contribution is 2.23. The van der Waals surface area contributed by atoms with Crippen LogP contribution in [0, 0.1) is 0 Å². The molecule has 2 N–H and O–H groups in total. The van der Waals surface area contributed by atoms with Crippen molar-refractivity contribution in [2.24, 2.45) is 0 Å². The number of para-hydroxylation sites is 1. The van der Waals surface area contributed by atoms with Gasteiger partial charge >= 0.3 is 0 Å². The van der Waals surface area contributed by atoms with Gasteiger partial charge in [0, 0.05) is 35.7 Å². The first kappa shape index (κ1) is 23.0. The van der Waals surface area contributed by atoms with Crippen molar-refractivity contribution in [3.8, 4) is 0 Å². The summed E-state index contributed by atoms with van der Waals surface area (Å²) in [5.74, 6) is -0.375. The second-order valence-electron chi connectivity index (χ2n) is 8.13. The SMILES string of the molecule is CC1CN(S(=O)(=O)c2cccc(C(=O)Nc3ccc(Nc4ccccc4)cc3)c2)CC(C)O1. The average Bonchev–Trinajstić information content (AvgIpc) is 2.80. The number of anilines is 3. The topological polar surface area (TPSA) is 87.7 Å². The third-order valence-electron chi connectivity index (χ3n) is 5.33. The van der Waals surface area contributed by atoms with Crippen molar-refractivity contribution in [1.82, 2.24) is 4.31 Å². The van der Waals surface area contributed by atoms with Gasteiger partial charge in [0.15, 0.2) is 0 Å². The number of morpholine rings is 1. The zero-order valence-corrected chi connectivity index (χ0v) is 19.4.